The smallest absolute Gasteiger partial charge is 0.439 e. The predicted octanol–water partition coefficient (Wildman–Crippen LogP) is 2.89. The molecule has 130 valence electrons. The number of phenolic OH excluding ortho intramolecular Hbond substituents is 1. The zero-order valence-electron chi connectivity index (χ0n) is 12.9. The number of alkyl halides is 3. The van der Waals surface area contributed by atoms with Crippen molar-refractivity contribution in [3.05, 3.63) is 29.8 Å². The average Bonchev–Trinajstić information content (AvgIpc) is 2.81. The number of rotatable bonds is 1. The molecule has 0 spiro atoms. The van der Waals surface area contributed by atoms with Crippen LogP contribution in [0.25, 0.3) is 0 Å². The summed E-state index contributed by atoms with van der Waals surface area (Å²) in [6.45, 7) is 1.81. The molecular formula is C16H17F3N2O3. The van der Waals surface area contributed by atoms with Gasteiger partial charge >= 0.3 is 6.18 Å². The number of halogens is 3. The van der Waals surface area contributed by atoms with Gasteiger partial charge in [0.05, 0.1) is 11.5 Å². The minimum Gasteiger partial charge on any atom is -0.507 e. The highest BCUT2D eigenvalue weighted by atomic mass is 19.4. The van der Waals surface area contributed by atoms with Gasteiger partial charge in [-0.15, -0.1) is 0 Å². The topological polar surface area (TPSA) is 73.1 Å². The number of carbonyl (C=O) groups is 1. The Morgan fingerprint density at radius 2 is 2.04 bits per heavy atom. The van der Waals surface area contributed by atoms with Crippen LogP contribution < -0.4 is 0 Å². The van der Waals surface area contributed by atoms with E-state index in [-0.39, 0.29) is 28.6 Å². The molecule has 0 radical (unpaired) electrons. The summed E-state index contributed by atoms with van der Waals surface area (Å²) in [5, 5.41) is 24.2. The number of para-hydroxylation sites is 1. The van der Waals surface area contributed by atoms with Crippen LogP contribution in [-0.2, 0) is 0 Å². The van der Waals surface area contributed by atoms with Crippen molar-refractivity contribution >= 4 is 11.6 Å². The van der Waals surface area contributed by atoms with Gasteiger partial charge in [0, 0.05) is 5.71 Å². The summed E-state index contributed by atoms with van der Waals surface area (Å²) in [6.07, 6.45) is -4.02. The highest BCUT2D eigenvalue weighted by molar-refractivity contribution is 6.01. The van der Waals surface area contributed by atoms with Gasteiger partial charge in [0.1, 0.15) is 5.75 Å². The monoisotopic (exact) mass is 342 g/mol. The third-order valence-electron chi connectivity index (χ3n) is 4.71. The molecule has 2 N–H and O–H groups in total. The SMILES string of the molecule is C[C@H]1CCC2=NN(C(=O)c3ccccc3O)[C@](O)(C(F)(F)F)[C@@H]2C1. The van der Waals surface area contributed by atoms with E-state index in [2.05, 4.69) is 5.10 Å². The van der Waals surface area contributed by atoms with E-state index in [1.165, 1.54) is 24.3 Å². The minimum atomic E-state index is -5.07. The molecule has 8 heteroatoms. The van der Waals surface area contributed by atoms with Crippen LogP contribution in [0.2, 0.25) is 0 Å². The second-order valence-corrected chi connectivity index (χ2v) is 6.38. The van der Waals surface area contributed by atoms with Gasteiger partial charge in [0.25, 0.3) is 11.6 Å². The van der Waals surface area contributed by atoms with Crippen molar-refractivity contribution in [1.29, 1.82) is 0 Å². The van der Waals surface area contributed by atoms with Crippen LogP contribution in [0.1, 0.15) is 36.5 Å². The normalized spacial score (nSPS) is 30.0. The maximum Gasteiger partial charge on any atom is 0.439 e. The zero-order chi connectivity index (χ0) is 17.7. The highest BCUT2D eigenvalue weighted by Crippen LogP contribution is 2.49. The van der Waals surface area contributed by atoms with E-state index >= 15 is 0 Å². The van der Waals surface area contributed by atoms with Crippen molar-refractivity contribution in [2.45, 2.75) is 38.1 Å². The molecule has 1 heterocycles. The van der Waals surface area contributed by atoms with Crippen LogP contribution in [0.4, 0.5) is 13.2 Å². The number of benzene rings is 1. The standard InChI is InChI=1S/C16H17F3N2O3/c1-9-6-7-12-11(8-9)15(24,16(17,18)19)21(20-12)14(23)10-4-2-3-5-13(10)22/h2-5,9,11,22,24H,6-8H2,1H3/t9-,11+,15+/m0/s1. The molecule has 0 unspecified atom stereocenters. The Morgan fingerprint density at radius 3 is 2.67 bits per heavy atom. The first-order valence-electron chi connectivity index (χ1n) is 7.65. The van der Waals surface area contributed by atoms with E-state index in [9.17, 15) is 28.2 Å². The fourth-order valence-electron chi connectivity index (χ4n) is 3.38. The lowest BCUT2D eigenvalue weighted by Gasteiger charge is -2.39. The van der Waals surface area contributed by atoms with Crippen molar-refractivity contribution in [3.8, 4) is 5.75 Å². The van der Waals surface area contributed by atoms with Crippen molar-refractivity contribution in [2.24, 2.45) is 16.9 Å². The predicted molar refractivity (Wildman–Crippen MR) is 79.2 cm³/mol. The molecule has 1 amide bonds. The second-order valence-electron chi connectivity index (χ2n) is 6.38. The molecule has 0 aromatic heterocycles. The Kier molecular flexibility index (Phi) is 3.82. The quantitative estimate of drug-likeness (QED) is 0.824. The van der Waals surface area contributed by atoms with Crippen LogP contribution >= 0.6 is 0 Å². The molecular weight excluding hydrogens is 325 g/mol. The van der Waals surface area contributed by atoms with E-state index in [1.807, 2.05) is 0 Å². The fraction of sp³-hybridized carbons (Fsp3) is 0.500. The fourth-order valence-corrected chi connectivity index (χ4v) is 3.38. The molecule has 3 rings (SSSR count). The van der Waals surface area contributed by atoms with Gasteiger partial charge in [-0.05, 0) is 37.3 Å². The van der Waals surface area contributed by atoms with E-state index < -0.39 is 29.5 Å². The van der Waals surface area contributed by atoms with Crippen LogP contribution in [-0.4, -0.2) is 38.7 Å². The summed E-state index contributed by atoms with van der Waals surface area (Å²) >= 11 is 0. The average molecular weight is 342 g/mol. The Balaban J connectivity index is 2.07. The number of phenols is 1. The molecule has 0 saturated heterocycles. The van der Waals surface area contributed by atoms with Gasteiger partial charge < -0.3 is 10.2 Å². The number of hydrogen-bond acceptors (Lipinski definition) is 4. The number of carbonyl (C=O) groups excluding carboxylic acids is 1. The van der Waals surface area contributed by atoms with Crippen molar-refractivity contribution in [1.82, 2.24) is 5.01 Å². The lowest BCUT2D eigenvalue weighted by molar-refractivity contribution is -0.313. The van der Waals surface area contributed by atoms with Crippen molar-refractivity contribution in [2.75, 3.05) is 0 Å². The summed E-state index contributed by atoms with van der Waals surface area (Å²) in [4.78, 5) is 12.6. The Bertz CT molecular complexity index is 704. The molecule has 24 heavy (non-hydrogen) atoms. The zero-order valence-corrected chi connectivity index (χ0v) is 12.9. The molecule has 1 aliphatic heterocycles. The minimum absolute atomic E-state index is 0.0111. The third-order valence-corrected chi connectivity index (χ3v) is 4.71. The number of hydrazone groups is 1. The highest BCUT2D eigenvalue weighted by Gasteiger charge is 2.68. The van der Waals surface area contributed by atoms with Gasteiger partial charge in [-0.3, -0.25) is 4.79 Å². The Morgan fingerprint density at radius 1 is 1.38 bits per heavy atom. The first-order valence-corrected chi connectivity index (χ1v) is 7.65. The maximum absolute atomic E-state index is 13.7. The molecule has 5 nitrogen and oxygen atoms in total. The number of amides is 1. The summed E-state index contributed by atoms with van der Waals surface area (Å²) in [6, 6.07) is 5.24. The summed E-state index contributed by atoms with van der Waals surface area (Å²) in [7, 11) is 0. The van der Waals surface area contributed by atoms with Crippen LogP contribution in [0.5, 0.6) is 5.75 Å². The van der Waals surface area contributed by atoms with Crippen LogP contribution in [0.15, 0.2) is 29.4 Å². The summed E-state index contributed by atoms with van der Waals surface area (Å²) < 4.78 is 41.1. The lowest BCUT2D eigenvalue weighted by Crippen LogP contribution is -2.61. The Labute approximate surface area is 136 Å². The van der Waals surface area contributed by atoms with Crippen LogP contribution in [0.3, 0.4) is 0 Å². The largest absolute Gasteiger partial charge is 0.507 e. The van der Waals surface area contributed by atoms with Crippen molar-refractivity contribution < 1.29 is 28.2 Å². The second kappa shape index (κ2) is 5.47. The maximum atomic E-state index is 13.7. The molecule has 1 aromatic carbocycles. The van der Waals surface area contributed by atoms with E-state index in [1.54, 1.807) is 6.92 Å². The van der Waals surface area contributed by atoms with Gasteiger partial charge in [-0.25, -0.2) is 0 Å². The van der Waals surface area contributed by atoms with Gasteiger partial charge in [-0.1, -0.05) is 19.1 Å². The lowest BCUT2D eigenvalue weighted by atomic mass is 9.76. The molecule has 1 aliphatic carbocycles. The number of fused-ring (bicyclic) bond motifs is 1. The molecule has 2 aliphatic rings. The van der Waals surface area contributed by atoms with Crippen molar-refractivity contribution in [3.63, 3.8) is 0 Å². The summed E-state index contributed by atoms with van der Waals surface area (Å²) in [5.41, 5.74) is -3.55. The van der Waals surface area contributed by atoms with E-state index in [0.29, 0.717) is 12.8 Å². The first-order chi connectivity index (χ1) is 11.2. The number of nitrogens with zero attached hydrogens (tertiary/aromatic N) is 2. The van der Waals surface area contributed by atoms with Gasteiger partial charge in [0.15, 0.2) is 0 Å². The molecule has 0 bridgehead atoms. The van der Waals surface area contributed by atoms with Crippen LogP contribution in [0, 0.1) is 11.8 Å². The number of aromatic hydroxyl groups is 1. The molecule has 3 atom stereocenters. The molecule has 1 aromatic rings. The molecule has 1 saturated carbocycles. The van der Waals surface area contributed by atoms with Gasteiger partial charge in [-0.2, -0.15) is 23.3 Å². The van der Waals surface area contributed by atoms with Gasteiger partial charge in [0.2, 0.25) is 0 Å². The Hall–Kier alpha value is -2.09. The molecule has 1 fully saturated rings. The van der Waals surface area contributed by atoms with E-state index in [0.717, 1.165) is 0 Å². The number of aliphatic hydroxyl groups is 1. The summed E-state index contributed by atoms with van der Waals surface area (Å²) in [5.74, 6) is -2.93. The third kappa shape index (κ3) is 2.36. The number of hydrogen-bond donors (Lipinski definition) is 2. The van der Waals surface area contributed by atoms with E-state index in [4.69, 9.17) is 0 Å². The first kappa shape index (κ1) is 16.8.